The maximum absolute atomic E-state index is 11.5. The molecule has 0 aliphatic rings. The first kappa shape index (κ1) is 16.1. The van der Waals surface area contributed by atoms with E-state index in [0.717, 1.165) is 6.42 Å². The molecule has 0 amide bonds. The highest BCUT2D eigenvalue weighted by molar-refractivity contribution is 7.89. The molecule has 1 aromatic rings. The van der Waals surface area contributed by atoms with Crippen molar-refractivity contribution < 1.29 is 13.2 Å². The van der Waals surface area contributed by atoms with E-state index in [-0.39, 0.29) is 11.3 Å². The Morgan fingerprint density at radius 2 is 1.95 bits per heavy atom. The van der Waals surface area contributed by atoms with Gasteiger partial charge in [-0.15, -0.1) is 10.2 Å². The highest BCUT2D eigenvalue weighted by Crippen LogP contribution is 2.22. The van der Waals surface area contributed by atoms with Crippen LogP contribution in [0.3, 0.4) is 0 Å². The molecule has 0 radical (unpaired) electrons. The topological polar surface area (TPSA) is 100 Å². The lowest BCUT2D eigenvalue weighted by Crippen LogP contribution is -2.30. The monoisotopic (exact) mass is 290 g/mol. The summed E-state index contributed by atoms with van der Waals surface area (Å²) < 4.78 is 29.8. The molecule has 0 fully saturated rings. The summed E-state index contributed by atoms with van der Waals surface area (Å²) in [7, 11) is -2.25. The molecule has 1 heterocycles. The fraction of sp³-hybridized carbons (Fsp3) is 0.818. The largest absolute Gasteiger partial charge is 0.382 e. The zero-order valence-corrected chi connectivity index (χ0v) is 12.9. The van der Waals surface area contributed by atoms with Gasteiger partial charge < -0.3 is 4.74 Å². The molecule has 1 atom stereocenters. The van der Waals surface area contributed by atoms with Crippen molar-refractivity contribution in [2.75, 3.05) is 7.11 Å². The molecule has 2 N–H and O–H groups in total. The predicted molar refractivity (Wildman–Crippen MR) is 71.2 cm³/mol. The summed E-state index contributed by atoms with van der Waals surface area (Å²) in [6.07, 6.45) is 1.38. The van der Waals surface area contributed by atoms with Crippen LogP contribution >= 0.6 is 0 Å². The molecule has 1 rings (SSSR count). The molecular formula is C11H22N4O3S. The number of primary sulfonamides is 1. The fourth-order valence-corrected chi connectivity index (χ4v) is 2.56. The van der Waals surface area contributed by atoms with Gasteiger partial charge in [-0.25, -0.2) is 13.6 Å². The van der Waals surface area contributed by atoms with E-state index in [1.807, 2.05) is 27.7 Å². The van der Waals surface area contributed by atoms with Gasteiger partial charge in [-0.1, -0.05) is 0 Å². The standard InChI is InChI=1S/C11H22N4O3S/c1-8(18-5)6-7-9-13-14-10(19(12,16)17)15(9)11(2,3)4/h8H,6-7H2,1-5H3,(H2,12,16,17). The summed E-state index contributed by atoms with van der Waals surface area (Å²) in [5, 5.41) is 12.6. The Morgan fingerprint density at radius 1 is 1.37 bits per heavy atom. The fourth-order valence-electron chi connectivity index (χ4n) is 1.77. The zero-order chi connectivity index (χ0) is 14.8. The Hall–Kier alpha value is -0.990. The van der Waals surface area contributed by atoms with Gasteiger partial charge in [0.15, 0.2) is 0 Å². The number of hydrogen-bond donors (Lipinski definition) is 1. The molecule has 7 nitrogen and oxygen atoms in total. The van der Waals surface area contributed by atoms with Gasteiger partial charge in [0, 0.05) is 19.1 Å². The van der Waals surface area contributed by atoms with Gasteiger partial charge in [-0.2, -0.15) is 0 Å². The van der Waals surface area contributed by atoms with E-state index >= 15 is 0 Å². The minimum absolute atomic E-state index is 0.0723. The van der Waals surface area contributed by atoms with Crippen LogP contribution in [0.2, 0.25) is 0 Å². The van der Waals surface area contributed by atoms with Crippen LogP contribution in [0.15, 0.2) is 5.16 Å². The smallest absolute Gasteiger partial charge is 0.273 e. The number of nitrogens with two attached hydrogens (primary N) is 1. The average Bonchev–Trinajstić information content (AvgIpc) is 2.68. The second kappa shape index (κ2) is 5.56. The first-order valence-corrected chi connectivity index (χ1v) is 7.62. The minimum Gasteiger partial charge on any atom is -0.382 e. The van der Waals surface area contributed by atoms with Crippen molar-refractivity contribution in [3.63, 3.8) is 0 Å². The number of aromatic nitrogens is 3. The molecule has 0 aliphatic carbocycles. The SMILES string of the molecule is COC(C)CCc1nnc(S(N)(=O)=O)n1C(C)(C)C. The lowest BCUT2D eigenvalue weighted by Gasteiger charge is -2.24. The van der Waals surface area contributed by atoms with E-state index in [0.29, 0.717) is 12.2 Å². The summed E-state index contributed by atoms with van der Waals surface area (Å²) in [4.78, 5) is 0. The maximum Gasteiger partial charge on any atom is 0.273 e. The van der Waals surface area contributed by atoms with Crippen molar-refractivity contribution in [2.24, 2.45) is 5.14 Å². The molecule has 0 aromatic carbocycles. The number of rotatable bonds is 5. The van der Waals surface area contributed by atoms with Crippen LogP contribution in [0.25, 0.3) is 0 Å². The highest BCUT2D eigenvalue weighted by Gasteiger charge is 2.28. The normalized spacial score (nSPS) is 14.6. The van der Waals surface area contributed by atoms with Crippen LogP contribution < -0.4 is 5.14 Å². The van der Waals surface area contributed by atoms with Crippen molar-refractivity contribution in [1.82, 2.24) is 14.8 Å². The lowest BCUT2D eigenvalue weighted by molar-refractivity contribution is 0.110. The number of methoxy groups -OCH3 is 1. The quantitative estimate of drug-likeness (QED) is 0.858. The summed E-state index contributed by atoms with van der Waals surface area (Å²) in [5.74, 6) is 0.598. The second-order valence-corrected chi connectivity index (χ2v) is 6.99. The third kappa shape index (κ3) is 3.99. The van der Waals surface area contributed by atoms with Crippen molar-refractivity contribution in [3.8, 4) is 0 Å². The third-order valence-corrected chi connectivity index (χ3v) is 3.58. The van der Waals surface area contributed by atoms with Gasteiger partial charge in [0.25, 0.3) is 15.2 Å². The van der Waals surface area contributed by atoms with Crippen LogP contribution in [0.5, 0.6) is 0 Å². The number of hydrogen-bond acceptors (Lipinski definition) is 5. The van der Waals surface area contributed by atoms with Crippen LogP contribution in [-0.4, -0.2) is 36.4 Å². The molecule has 8 heteroatoms. The van der Waals surface area contributed by atoms with Gasteiger partial charge in [0.2, 0.25) is 0 Å². The van der Waals surface area contributed by atoms with Gasteiger partial charge in [0.1, 0.15) is 5.82 Å². The van der Waals surface area contributed by atoms with Crippen LogP contribution in [0.1, 0.15) is 39.9 Å². The molecule has 19 heavy (non-hydrogen) atoms. The van der Waals surface area contributed by atoms with Gasteiger partial charge in [-0.3, -0.25) is 4.57 Å². The summed E-state index contributed by atoms with van der Waals surface area (Å²) in [5.41, 5.74) is -0.461. The Balaban J connectivity index is 3.17. The van der Waals surface area contributed by atoms with E-state index in [4.69, 9.17) is 9.88 Å². The van der Waals surface area contributed by atoms with Crippen LogP contribution in [-0.2, 0) is 26.7 Å². The van der Waals surface area contributed by atoms with E-state index in [1.165, 1.54) is 0 Å². The molecule has 1 aromatic heterocycles. The molecular weight excluding hydrogens is 268 g/mol. The van der Waals surface area contributed by atoms with Crippen molar-refractivity contribution in [2.45, 2.75) is 57.3 Å². The second-order valence-electron chi connectivity index (χ2n) is 5.54. The first-order valence-electron chi connectivity index (χ1n) is 6.07. The van der Waals surface area contributed by atoms with Gasteiger partial charge >= 0.3 is 0 Å². The maximum atomic E-state index is 11.5. The number of aryl methyl sites for hydroxylation is 1. The number of ether oxygens (including phenoxy) is 1. The molecule has 0 spiro atoms. The molecule has 0 bridgehead atoms. The lowest BCUT2D eigenvalue weighted by atomic mass is 10.1. The van der Waals surface area contributed by atoms with E-state index < -0.39 is 15.6 Å². The van der Waals surface area contributed by atoms with Crippen molar-refractivity contribution in [3.05, 3.63) is 5.82 Å². The summed E-state index contributed by atoms with van der Waals surface area (Å²) in [6.45, 7) is 7.59. The predicted octanol–water partition coefficient (Wildman–Crippen LogP) is 0.648. The Labute approximate surface area is 114 Å². The Kier molecular flexibility index (Phi) is 4.70. The summed E-state index contributed by atoms with van der Waals surface area (Å²) in [6, 6.07) is 0. The summed E-state index contributed by atoms with van der Waals surface area (Å²) >= 11 is 0. The van der Waals surface area contributed by atoms with E-state index in [1.54, 1.807) is 11.7 Å². The molecule has 1 unspecified atom stereocenters. The average molecular weight is 290 g/mol. The van der Waals surface area contributed by atoms with Crippen LogP contribution in [0, 0.1) is 0 Å². The van der Waals surface area contributed by atoms with Gasteiger partial charge in [0.05, 0.1) is 6.10 Å². The molecule has 0 aliphatic heterocycles. The van der Waals surface area contributed by atoms with E-state index in [9.17, 15) is 8.42 Å². The van der Waals surface area contributed by atoms with Crippen LogP contribution in [0.4, 0.5) is 0 Å². The Morgan fingerprint density at radius 3 is 2.37 bits per heavy atom. The number of nitrogens with zero attached hydrogens (tertiary/aromatic N) is 3. The Bertz CT molecular complexity index is 531. The van der Waals surface area contributed by atoms with E-state index in [2.05, 4.69) is 10.2 Å². The van der Waals surface area contributed by atoms with Crippen molar-refractivity contribution in [1.29, 1.82) is 0 Å². The molecule has 110 valence electrons. The first-order chi connectivity index (χ1) is 8.57. The highest BCUT2D eigenvalue weighted by atomic mass is 32.2. The zero-order valence-electron chi connectivity index (χ0n) is 12.0. The third-order valence-electron chi connectivity index (χ3n) is 2.80. The van der Waals surface area contributed by atoms with Crippen molar-refractivity contribution >= 4 is 10.0 Å². The molecule has 0 saturated heterocycles. The molecule has 0 saturated carbocycles. The minimum atomic E-state index is -3.88. The number of sulfonamides is 1. The van der Waals surface area contributed by atoms with Gasteiger partial charge in [-0.05, 0) is 34.1 Å².